The molecule has 4 nitrogen and oxygen atoms in total. The maximum absolute atomic E-state index is 12.9. The van der Waals surface area contributed by atoms with Gasteiger partial charge in [0.25, 0.3) is 0 Å². The van der Waals surface area contributed by atoms with E-state index in [2.05, 4.69) is 15.6 Å². The van der Waals surface area contributed by atoms with Gasteiger partial charge in [0.05, 0.1) is 12.2 Å². The number of anilines is 1. The van der Waals surface area contributed by atoms with E-state index in [-0.39, 0.29) is 18.3 Å². The minimum atomic E-state index is -0.376. The molecule has 0 aliphatic rings. The number of benzene rings is 1. The smallest absolute Gasteiger partial charge is 0.238 e. The number of nitrogens with one attached hydrogen (secondary N) is 2. The van der Waals surface area contributed by atoms with Gasteiger partial charge in [0, 0.05) is 18.4 Å². The number of amides is 1. The molecule has 0 spiro atoms. The number of hydrogen-bond donors (Lipinski definition) is 2. The van der Waals surface area contributed by atoms with Crippen molar-refractivity contribution in [3.63, 3.8) is 0 Å². The second-order valence-corrected chi connectivity index (χ2v) is 3.98. The van der Waals surface area contributed by atoms with Crippen LogP contribution in [-0.4, -0.2) is 17.4 Å². The Bertz CT molecular complexity index is 545. The van der Waals surface area contributed by atoms with Crippen molar-refractivity contribution in [1.29, 1.82) is 0 Å². The van der Waals surface area contributed by atoms with Gasteiger partial charge in [-0.15, -0.1) is 0 Å². The SMILES string of the molecule is O=C(CNCc1ccccn1)Nc1cccc(F)c1. The van der Waals surface area contributed by atoms with Gasteiger partial charge in [-0.05, 0) is 30.3 Å². The first-order valence-corrected chi connectivity index (χ1v) is 5.90. The first kappa shape index (κ1) is 13.2. The molecule has 0 aliphatic heterocycles. The summed E-state index contributed by atoms with van der Waals surface area (Å²) in [5, 5.41) is 5.58. The van der Waals surface area contributed by atoms with Crippen molar-refractivity contribution in [2.45, 2.75) is 6.54 Å². The molecule has 1 aromatic heterocycles. The summed E-state index contributed by atoms with van der Waals surface area (Å²) in [6.07, 6.45) is 1.70. The maximum Gasteiger partial charge on any atom is 0.238 e. The van der Waals surface area contributed by atoms with Crippen molar-refractivity contribution in [2.24, 2.45) is 0 Å². The summed E-state index contributed by atoms with van der Waals surface area (Å²) in [6, 6.07) is 11.4. The average molecular weight is 259 g/mol. The highest BCUT2D eigenvalue weighted by Crippen LogP contribution is 2.08. The zero-order valence-electron chi connectivity index (χ0n) is 10.3. The molecule has 0 saturated heterocycles. The third-order valence-electron chi connectivity index (χ3n) is 2.43. The second kappa shape index (κ2) is 6.61. The number of halogens is 1. The quantitative estimate of drug-likeness (QED) is 0.863. The van der Waals surface area contributed by atoms with Gasteiger partial charge in [0.1, 0.15) is 5.82 Å². The summed E-state index contributed by atoms with van der Waals surface area (Å²) in [5.41, 5.74) is 1.31. The van der Waals surface area contributed by atoms with Crippen molar-refractivity contribution >= 4 is 11.6 Å². The minimum absolute atomic E-state index is 0.146. The third-order valence-corrected chi connectivity index (χ3v) is 2.43. The number of rotatable bonds is 5. The fraction of sp³-hybridized carbons (Fsp3) is 0.143. The van der Waals surface area contributed by atoms with Crippen molar-refractivity contribution in [1.82, 2.24) is 10.3 Å². The number of nitrogens with zero attached hydrogens (tertiary/aromatic N) is 1. The molecule has 1 aromatic carbocycles. The monoisotopic (exact) mass is 259 g/mol. The Hall–Kier alpha value is -2.27. The van der Waals surface area contributed by atoms with Gasteiger partial charge in [0.15, 0.2) is 0 Å². The number of aromatic nitrogens is 1. The lowest BCUT2D eigenvalue weighted by atomic mass is 10.3. The molecule has 1 amide bonds. The molecule has 0 saturated carbocycles. The van der Waals surface area contributed by atoms with E-state index in [1.807, 2.05) is 18.2 Å². The van der Waals surface area contributed by atoms with E-state index in [0.717, 1.165) is 5.69 Å². The fourth-order valence-electron chi connectivity index (χ4n) is 1.58. The Balaban J connectivity index is 1.76. The van der Waals surface area contributed by atoms with Crippen molar-refractivity contribution in [3.8, 4) is 0 Å². The number of carbonyl (C=O) groups is 1. The van der Waals surface area contributed by atoms with E-state index in [1.54, 1.807) is 18.3 Å². The summed E-state index contributed by atoms with van der Waals surface area (Å²) >= 11 is 0. The zero-order chi connectivity index (χ0) is 13.5. The molecule has 98 valence electrons. The van der Waals surface area contributed by atoms with E-state index in [1.165, 1.54) is 12.1 Å². The van der Waals surface area contributed by atoms with Gasteiger partial charge in [0.2, 0.25) is 5.91 Å². The molecule has 0 atom stereocenters. The molecule has 2 aromatic rings. The molecule has 19 heavy (non-hydrogen) atoms. The predicted octanol–water partition coefficient (Wildman–Crippen LogP) is 1.95. The van der Waals surface area contributed by atoms with E-state index in [4.69, 9.17) is 0 Å². The van der Waals surface area contributed by atoms with Crippen molar-refractivity contribution in [3.05, 3.63) is 60.2 Å². The van der Waals surface area contributed by atoms with Gasteiger partial charge in [-0.2, -0.15) is 0 Å². The number of hydrogen-bond acceptors (Lipinski definition) is 3. The molecule has 0 fully saturated rings. The van der Waals surface area contributed by atoms with Crippen LogP contribution in [0.1, 0.15) is 5.69 Å². The Kier molecular flexibility index (Phi) is 4.58. The van der Waals surface area contributed by atoms with Crippen molar-refractivity contribution in [2.75, 3.05) is 11.9 Å². The van der Waals surface area contributed by atoms with Gasteiger partial charge in [-0.25, -0.2) is 4.39 Å². The van der Waals surface area contributed by atoms with Crippen LogP contribution in [0.25, 0.3) is 0 Å². The van der Waals surface area contributed by atoms with E-state index >= 15 is 0 Å². The number of carbonyl (C=O) groups excluding carboxylic acids is 1. The Morgan fingerprint density at radius 1 is 1.21 bits per heavy atom. The van der Waals surface area contributed by atoms with Crippen LogP contribution in [0.5, 0.6) is 0 Å². The summed E-state index contributed by atoms with van der Waals surface area (Å²) in [6.45, 7) is 0.657. The number of pyridine rings is 1. The molecule has 5 heteroatoms. The topological polar surface area (TPSA) is 54.0 Å². The predicted molar refractivity (Wildman–Crippen MR) is 71.0 cm³/mol. The van der Waals surface area contributed by atoms with Crippen LogP contribution in [0.2, 0.25) is 0 Å². The molecule has 0 unspecified atom stereocenters. The molecule has 0 radical (unpaired) electrons. The molecule has 1 heterocycles. The highest BCUT2D eigenvalue weighted by Gasteiger charge is 2.02. The molecule has 0 aliphatic carbocycles. The van der Waals surface area contributed by atoms with Gasteiger partial charge in [-0.1, -0.05) is 12.1 Å². The first-order chi connectivity index (χ1) is 9.24. The lowest BCUT2D eigenvalue weighted by Gasteiger charge is -2.06. The van der Waals surface area contributed by atoms with Gasteiger partial charge < -0.3 is 10.6 Å². The van der Waals surface area contributed by atoms with Gasteiger partial charge >= 0.3 is 0 Å². The molecule has 0 bridgehead atoms. The highest BCUT2D eigenvalue weighted by atomic mass is 19.1. The van der Waals surface area contributed by atoms with Crippen LogP contribution in [0.4, 0.5) is 10.1 Å². The van der Waals surface area contributed by atoms with Crippen LogP contribution in [0.3, 0.4) is 0 Å². The first-order valence-electron chi connectivity index (χ1n) is 5.90. The highest BCUT2D eigenvalue weighted by molar-refractivity contribution is 5.92. The van der Waals surface area contributed by atoms with E-state index in [0.29, 0.717) is 12.2 Å². The second-order valence-electron chi connectivity index (χ2n) is 3.98. The van der Waals surface area contributed by atoms with Crippen LogP contribution in [0.15, 0.2) is 48.7 Å². The normalized spacial score (nSPS) is 10.2. The summed E-state index contributed by atoms with van der Waals surface area (Å²) in [5.74, 6) is -0.597. The summed E-state index contributed by atoms with van der Waals surface area (Å²) < 4.78 is 12.9. The van der Waals surface area contributed by atoms with Crippen LogP contribution in [0, 0.1) is 5.82 Å². The standard InChI is InChI=1S/C14H14FN3O/c15-11-4-3-6-12(8-11)18-14(19)10-16-9-13-5-1-2-7-17-13/h1-8,16H,9-10H2,(H,18,19). The van der Waals surface area contributed by atoms with E-state index in [9.17, 15) is 9.18 Å². The molecular formula is C14H14FN3O. The fourth-order valence-corrected chi connectivity index (χ4v) is 1.58. The van der Waals surface area contributed by atoms with Crippen LogP contribution < -0.4 is 10.6 Å². The molecule has 2 N–H and O–H groups in total. The maximum atomic E-state index is 12.9. The zero-order valence-corrected chi connectivity index (χ0v) is 10.3. The van der Waals surface area contributed by atoms with E-state index < -0.39 is 0 Å². The van der Waals surface area contributed by atoms with Crippen LogP contribution >= 0.6 is 0 Å². The lowest BCUT2D eigenvalue weighted by molar-refractivity contribution is -0.115. The Morgan fingerprint density at radius 3 is 2.84 bits per heavy atom. The molecular weight excluding hydrogens is 245 g/mol. The largest absolute Gasteiger partial charge is 0.325 e. The van der Waals surface area contributed by atoms with Gasteiger partial charge in [-0.3, -0.25) is 9.78 Å². The average Bonchev–Trinajstić information content (AvgIpc) is 2.40. The van der Waals surface area contributed by atoms with Crippen LogP contribution in [-0.2, 0) is 11.3 Å². The Morgan fingerprint density at radius 2 is 2.11 bits per heavy atom. The summed E-state index contributed by atoms with van der Waals surface area (Å²) in [4.78, 5) is 15.7. The lowest BCUT2D eigenvalue weighted by Crippen LogP contribution is -2.28. The minimum Gasteiger partial charge on any atom is -0.325 e. The summed E-state index contributed by atoms with van der Waals surface area (Å²) in [7, 11) is 0. The third kappa shape index (κ3) is 4.48. The van der Waals surface area contributed by atoms with Crippen molar-refractivity contribution < 1.29 is 9.18 Å². The molecule has 2 rings (SSSR count). The Labute approximate surface area is 110 Å².